The smallest absolute Gasteiger partial charge is 0.133 e. The van der Waals surface area contributed by atoms with E-state index in [-0.39, 0.29) is 0 Å². The summed E-state index contributed by atoms with van der Waals surface area (Å²) >= 11 is 3.51. The summed E-state index contributed by atoms with van der Waals surface area (Å²) < 4.78 is 8.30. The molecule has 0 fully saturated rings. The molecular weight excluding hydrogens is 318 g/mol. The summed E-state index contributed by atoms with van der Waals surface area (Å²) in [4.78, 5) is 4.40. The molecule has 108 valence electrons. The van der Waals surface area contributed by atoms with Crippen molar-refractivity contribution in [3.05, 3.63) is 46.5 Å². The number of imidazole rings is 1. The van der Waals surface area contributed by atoms with Gasteiger partial charge in [0.1, 0.15) is 5.75 Å². The van der Waals surface area contributed by atoms with Crippen LogP contribution in [-0.2, 0) is 13.1 Å². The lowest BCUT2D eigenvalue weighted by Gasteiger charge is -2.07. The predicted molar refractivity (Wildman–Crippen MR) is 84.0 cm³/mol. The SMILES string of the molecule is CCCNCc1cn(Cc2ccc(OC)c(Br)c2)cn1. The minimum Gasteiger partial charge on any atom is -0.496 e. The second-order valence-electron chi connectivity index (χ2n) is 4.68. The Morgan fingerprint density at radius 1 is 1.40 bits per heavy atom. The molecule has 0 aliphatic carbocycles. The lowest BCUT2D eigenvalue weighted by Crippen LogP contribution is -2.13. The lowest BCUT2D eigenvalue weighted by atomic mass is 10.2. The van der Waals surface area contributed by atoms with Gasteiger partial charge in [0, 0.05) is 19.3 Å². The molecule has 1 aromatic heterocycles. The molecule has 0 saturated carbocycles. The highest BCUT2D eigenvalue weighted by molar-refractivity contribution is 9.10. The summed E-state index contributed by atoms with van der Waals surface area (Å²) in [5.41, 5.74) is 2.29. The zero-order valence-electron chi connectivity index (χ0n) is 11.9. The minimum atomic E-state index is 0.809. The molecule has 0 bridgehead atoms. The molecule has 2 aromatic rings. The Kier molecular flexibility index (Phi) is 5.61. The third-order valence-electron chi connectivity index (χ3n) is 3.00. The van der Waals surface area contributed by atoms with Crippen LogP contribution in [0.5, 0.6) is 5.75 Å². The highest BCUT2D eigenvalue weighted by Gasteiger charge is 2.03. The first-order valence-electron chi connectivity index (χ1n) is 6.76. The average molecular weight is 338 g/mol. The van der Waals surface area contributed by atoms with Crippen LogP contribution in [0.15, 0.2) is 35.2 Å². The van der Waals surface area contributed by atoms with Gasteiger partial charge >= 0.3 is 0 Å². The first-order valence-corrected chi connectivity index (χ1v) is 7.56. The van der Waals surface area contributed by atoms with E-state index in [4.69, 9.17) is 4.74 Å². The maximum atomic E-state index is 5.23. The van der Waals surface area contributed by atoms with Gasteiger partial charge in [0.2, 0.25) is 0 Å². The monoisotopic (exact) mass is 337 g/mol. The van der Waals surface area contributed by atoms with Crippen LogP contribution in [0.1, 0.15) is 24.6 Å². The fourth-order valence-electron chi connectivity index (χ4n) is 2.00. The van der Waals surface area contributed by atoms with E-state index in [1.807, 2.05) is 12.4 Å². The Balaban J connectivity index is 1.97. The zero-order chi connectivity index (χ0) is 14.4. The van der Waals surface area contributed by atoms with Gasteiger partial charge in [-0.05, 0) is 46.6 Å². The van der Waals surface area contributed by atoms with Crippen molar-refractivity contribution in [2.75, 3.05) is 13.7 Å². The first-order chi connectivity index (χ1) is 9.72. The molecule has 20 heavy (non-hydrogen) atoms. The van der Waals surface area contributed by atoms with E-state index < -0.39 is 0 Å². The van der Waals surface area contributed by atoms with Gasteiger partial charge in [-0.15, -0.1) is 0 Å². The molecule has 0 aliphatic heterocycles. The van der Waals surface area contributed by atoms with E-state index in [1.54, 1.807) is 7.11 Å². The van der Waals surface area contributed by atoms with Crippen LogP contribution in [0.2, 0.25) is 0 Å². The van der Waals surface area contributed by atoms with Gasteiger partial charge in [0.25, 0.3) is 0 Å². The Bertz CT molecular complexity index is 554. The second kappa shape index (κ2) is 7.45. The van der Waals surface area contributed by atoms with Crippen molar-refractivity contribution in [3.8, 4) is 5.75 Å². The van der Waals surface area contributed by atoms with E-state index in [9.17, 15) is 0 Å². The van der Waals surface area contributed by atoms with E-state index in [0.29, 0.717) is 0 Å². The number of ether oxygens (including phenoxy) is 1. The summed E-state index contributed by atoms with van der Waals surface area (Å²) in [6, 6.07) is 6.12. The molecule has 1 aromatic carbocycles. The number of nitrogens with zero attached hydrogens (tertiary/aromatic N) is 2. The van der Waals surface area contributed by atoms with Crippen LogP contribution in [-0.4, -0.2) is 23.2 Å². The van der Waals surface area contributed by atoms with Crippen LogP contribution >= 0.6 is 15.9 Å². The Labute approximate surface area is 128 Å². The lowest BCUT2D eigenvalue weighted by molar-refractivity contribution is 0.412. The number of hydrogen-bond acceptors (Lipinski definition) is 3. The molecule has 0 saturated heterocycles. The topological polar surface area (TPSA) is 39.1 Å². The summed E-state index contributed by atoms with van der Waals surface area (Å²) in [6.07, 6.45) is 5.10. The number of rotatable bonds is 7. The Morgan fingerprint density at radius 3 is 2.95 bits per heavy atom. The van der Waals surface area contributed by atoms with Gasteiger partial charge in [-0.2, -0.15) is 0 Å². The van der Waals surface area contributed by atoms with Gasteiger partial charge in [-0.25, -0.2) is 4.98 Å². The number of halogens is 1. The molecule has 0 unspecified atom stereocenters. The largest absolute Gasteiger partial charge is 0.496 e. The van der Waals surface area contributed by atoms with Crippen LogP contribution in [0.3, 0.4) is 0 Å². The third-order valence-corrected chi connectivity index (χ3v) is 3.62. The molecule has 4 nitrogen and oxygen atoms in total. The van der Waals surface area contributed by atoms with E-state index in [1.165, 1.54) is 5.56 Å². The van der Waals surface area contributed by atoms with E-state index >= 15 is 0 Å². The maximum absolute atomic E-state index is 5.23. The summed E-state index contributed by atoms with van der Waals surface area (Å²) in [5.74, 6) is 0.851. The van der Waals surface area contributed by atoms with Gasteiger partial charge in [-0.1, -0.05) is 13.0 Å². The van der Waals surface area contributed by atoms with Crippen LogP contribution in [0.4, 0.5) is 0 Å². The zero-order valence-corrected chi connectivity index (χ0v) is 13.5. The summed E-state index contributed by atoms with van der Waals surface area (Å²) in [6.45, 7) is 4.82. The van der Waals surface area contributed by atoms with Crippen molar-refractivity contribution < 1.29 is 4.74 Å². The van der Waals surface area contributed by atoms with Crippen molar-refractivity contribution in [1.29, 1.82) is 0 Å². The molecule has 1 heterocycles. The number of benzene rings is 1. The van der Waals surface area contributed by atoms with Crippen molar-refractivity contribution >= 4 is 15.9 Å². The highest BCUT2D eigenvalue weighted by Crippen LogP contribution is 2.25. The van der Waals surface area contributed by atoms with Gasteiger partial charge < -0.3 is 14.6 Å². The molecule has 0 amide bonds. The fourth-order valence-corrected chi connectivity index (χ4v) is 2.58. The first kappa shape index (κ1) is 15.1. The number of aromatic nitrogens is 2. The predicted octanol–water partition coefficient (Wildman–Crippen LogP) is 3.20. The fraction of sp³-hybridized carbons (Fsp3) is 0.400. The van der Waals surface area contributed by atoms with E-state index in [2.05, 4.69) is 56.1 Å². The number of methoxy groups -OCH3 is 1. The van der Waals surface area contributed by atoms with Crippen LogP contribution in [0.25, 0.3) is 0 Å². The molecule has 5 heteroatoms. The number of hydrogen-bond donors (Lipinski definition) is 1. The molecule has 0 atom stereocenters. The van der Waals surface area contributed by atoms with Crippen molar-refractivity contribution in [2.24, 2.45) is 0 Å². The summed E-state index contributed by atoms with van der Waals surface area (Å²) in [7, 11) is 1.67. The van der Waals surface area contributed by atoms with Crippen molar-refractivity contribution in [3.63, 3.8) is 0 Å². The molecule has 0 aliphatic rings. The highest BCUT2D eigenvalue weighted by atomic mass is 79.9. The normalized spacial score (nSPS) is 10.8. The molecule has 1 N–H and O–H groups in total. The average Bonchev–Trinajstić information content (AvgIpc) is 2.87. The van der Waals surface area contributed by atoms with Crippen molar-refractivity contribution in [2.45, 2.75) is 26.4 Å². The van der Waals surface area contributed by atoms with Crippen molar-refractivity contribution in [1.82, 2.24) is 14.9 Å². The van der Waals surface area contributed by atoms with Gasteiger partial charge in [0.05, 0.1) is 23.6 Å². The van der Waals surface area contributed by atoms with Crippen LogP contribution < -0.4 is 10.1 Å². The standard InChI is InChI=1S/C15H20BrN3O/c1-3-6-17-8-13-10-19(11-18-13)9-12-4-5-15(20-2)14(16)7-12/h4-5,7,10-11,17H,3,6,8-9H2,1-2H3. The molecule has 0 spiro atoms. The Morgan fingerprint density at radius 2 is 2.25 bits per heavy atom. The third kappa shape index (κ3) is 4.08. The minimum absolute atomic E-state index is 0.809. The van der Waals surface area contributed by atoms with E-state index in [0.717, 1.165) is 42.0 Å². The van der Waals surface area contributed by atoms with Crippen LogP contribution in [0, 0.1) is 0 Å². The second-order valence-corrected chi connectivity index (χ2v) is 5.54. The summed E-state index contributed by atoms with van der Waals surface area (Å²) in [5, 5.41) is 3.35. The number of nitrogens with one attached hydrogen (secondary N) is 1. The maximum Gasteiger partial charge on any atom is 0.133 e. The quantitative estimate of drug-likeness (QED) is 0.788. The Hall–Kier alpha value is -1.33. The van der Waals surface area contributed by atoms with Gasteiger partial charge in [-0.3, -0.25) is 0 Å². The molecular formula is C15H20BrN3O. The molecule has 2 rings (SSSR count). The van der Waals surface area contributed by atoms with Gasteiger partial charge in [0.15, 0.2) is 0 Å². The molecule has 0 radical (unpaired) electrons.